The van der Waals surface area contributed by atoms with Crippen molar-refractivity contribution in [3.05, 3.63) is 75.3 Å². The minimum atomic E-state index is -5.38. The summed E-state index contributed by atoms with van der Waals surface area (Å²) in [4.78, 5) is 36.4. The number of H-pyrrole nitrogens is 1. The molecule has 0 spiro atoms. The first-order valence-corrected chi connectivity index (χ1v) is 13.1. The van der Waals surface area contributed by atoms with E-state index in [1.54, 1.807) is 29.2 Å². The predicted molar refractivity (Wildman–Crippen MR) is 129 cm³/mol. The fourth-order valence-corrected chi connectivity index (χ4v) is 5.72. The summed E-state index contributed by atoms with van der Waals surface area (Å²) in [5.74, 6) is -3.23. The van der Waals surface area contributed by atoms with Gasteiger partial charge < -0.3 is 19.5 Å². The van der Waals surface area contributed by atoms with Gasteiger partial charge in [-0.2, -0.15) is 22.6 Å². The van der Waals surface area contributed by atoms with Crippen LogP contribution in [0.1, 0.15) is 19.6 Å². The monoisotopic (exact) mass is 591 g/mol. The first kappa shape index (κ1) is 29.4. The van der Waals surface area contributed by atoms with Crippen molar-refractivity contribution in [2.75, 3.05) is 0 Å². The van der Waals surface area contributed by atoms with Gasteiger partial charge in [-0.3, -0.25) is 23.7 Å². The summed E-state index contributed by atoms with van der Waals surface area (Å²) in [6, 6.07) is 9.07. The van der Waals surface area contributed by atoms with Crippen molar-refractivity contribution in [1.29, 1.82) is 0 Å². The molecule has 0 aliphatic carbocycles. The van der Waals surface area contributed by atoms with Gasteiger partial charge in [-0.15, -0.1) is 0 Å². The van der Waals surface area contributed by atoms with Crippen LogP contribution >= 0.6 is 7.75 Å². The van der Waals surface area contributed by atoms with Gasteiger partial charge in [0.1, 0.15) is 24.1 Å². The molecule has 3 aromatic rings. The van der Waals surface area contributed by atoms with E-state index in [0.717, 1.165) is 6.92 Å². The van der Waals surface area contributed by atoms with Crippen molar-refractivity contribution in [3.63, 3.8) is 0 Å². The number of benzene rings is 2. The van der Waals surface area contributed by atoms with E-state index in [0.29, 0.717) is 21.5 Å². The summed E-state index contributed by atoms with van der Waals surface area (Å²) in [7, 11) is -5.22. The van der Waals surface area contributed by atoms with Crippen molar-refractivity contribution >= 4 is 24.5 Å². The number of aromatic amines is 1. The lowest BCUT2D eigenvalue weighted by Gasteiger charge is -2.31. The van der Waals surface area contributed by atoms with Crippen molar-refractivity contribution in [3.8, 4) is 5.75 Å². The molecule has 40 heavy (non-hydrogen) atoms. The number of aliphatic hydroxyl groups is 1. The Morgan fingerprint density at radius 2 is 1.90 bits per heavy atom. The van der Waals surface area contributed by atoms with Crippen LogP contribution in [-0.4, -0.2) is 56.3 Å². The largest absolute Gasteiger partial charge is 0.480 e. The molecule has 0 radical (unpaired) electrons. The summed E-state index contributed by atoms with van der Waals surface area (Å²) in [6.45, 7) is 0.988. The molecule has 1 aromatic heterocycles. The second-order valence-corrected chi connectivity index (χ2v) is 10.5. The van der Waals surface area contributed by atoms with Crippen LogP contribution in [0.3, 0.4) is 0 Å². The Morgan fingerprint density at radius 3 is 2.58 bits per heavy atom. The van der Waals surface area contributed by atoms with Crippen LogP contribution in [-0.2, 0) is 18.6 Å². The summed E-state index contributed by atoms with van der Waals surface area (Å²) >= 11 is 0. The normalized spacial score (nSPS) is 22.5. The van der Waals surface area contributed by atoms with E-state index in [4.69, 9.17) is 13.8 Å². The SMILES string of the molecule is C[C@H](N[P@@](=O)(Oc1cccc2ccccc12)O[C@@H]([C@H]1O[C@@H](n2cc(F)c(=O)[nH]c2=O)C[C@@H]1O)C(F)(F)F)C(=O)O. The van der Waals surface area contributed by atoms with Gasteiger partial charge in [-0.25, -0.2) is 9.36 Å². The van der Waals surface area contributed by atoms with E-state index < -0.39 is 74.0 Å². The average molecular weight is 591 g/mol. The lowest BCUT2D eigenvalue weighted by Crippen LogP contribution is -2.48. The maximum Gasteiger partial charge on any atom is 0.460 e. The van der Waals surface area contributed by atoms with Crippen molar-refractivity contribution < 1.29 is 50.9 Å². The highest BCUT2D eigenvalue weighted by Crippen LogP contribution is 2.51. The van der Waals surface area contributed by atoms with Crippen LogP contribution in [0.25, 0.3) is 10.8 Å². The van der Waals surface area contributed by atoms with Crippen LogP contribution in [0, 0.1) is 5.82 Å². The number of carboxylic acid groups (broad SMARTS) is 1. The van der Waals surface area contributed by atoms with Crippen LogP contribution in [0.2, 0.25) is 0 Å². The summed E-state index contributed by atoms with van der Waals surface area (Å²) in [6.07, 6.45) is -14.9. The number of carbonyl (C=O) groups is 1. The standard InChI is InChI=1S/C23H22F4N3O9P/c1-11(21(33)34)29-40(36,38-16-8-4-6-12-5-2-3-7-13(12)16)39-19(23(25,26)27)18-15(31)9-17(37-18)30-10-14(24)20(32)28-22(30)35/h2-8,10-11,15,17-19,31H,9H2,1H3,(H,29,36)(H,33,34)(H,28,32,35)/t11-,15-,17+,18-,19-,40+/m0/s1. The van der Waals surface area contributed by atoms with Crippen LogP contribution < -0.4 is 20.9 Å². The quantitative estimate of drug-likeness (QED) is 0.214. The predicted octanol–water partition coefficient (Wildman–Crippen LogP) is 2.67. The highest BCUT2D eigenvalue weighted by Gasteiger charge is 2.56. The summed E-state index contributed by atoms with van der Waals surface area (Å²) in [5.41, 5.74) is -2.60. The van der Waals surface area contributed by atoms with Gasteiger partial charge in [0.25, 0.3) is 5.56 Å². The van der Waals surface area contributed by atoms with E-state index in [9.17, 15) is 46.7 Å². The van der Waals surface area contributed by atoms with Crippen molar-refractivity contribution in [2.24, 2.45) is 0 Å². The Bertz CT molecular complexity index is 1570. The number of rotatable bonds is 9. The summed E-state index contributed by atoms with van der Waals surface area (Å²) in [5, 5.41) is 22.5. The molecular weight excluding hydrogens is 569 g/mol. The number of nitrogens with one attached hydrogen (secondary N) is 2. The lowest BCUT2D eigenvalue weighted by molar-refractivity contribution is -0.237. The molecule has 2 aromatic carbocycles. The van der Waals surface area contributed by atoms with Gasteiger partial charge in [-0.05, 0) is 18.4 Å². The van der Waals surface area contributed by atoms with Crippen molar-refractivity contribution in [2.45, 2.75) is 50.1 Å². The molecule has 4 N–H and O–H groups in total. The van der Waals surface area contributed by atoms with Gasteiger partial charge in [0.2, 0.25) is 5.82 Å². The lowest BCUT2D eigenvalue weighted by atomic mass is 10.1. The zero-order valence-electron chi connectivity index (χ0n) is 20.4. The first-order valence-electron chi connectivity index (χ1n) is 11.6. The molecule has 0 amide bonds. The molecular formula is C23H22F4N3O9P. The molecule has 1 aliphatic rings. The second kappa shape index (κ2) is 11.1. The number of nitrogens with zero attached hydrogens (tertiary/aromatic N) is 1. The number of aromatic nitrogens is 2. The van der Waals surface area contributed by atoms with Gasteiger partial charge in [-0.1, -0.05) is 36.4 Å². The molecule has 1 saturated heterocycles. The number of ether oxygens (including phenoxy) is 1. The number of halogens is 4. The maximum atomic E-state index is 14.3. The molecule has 2 heterocycles. The zero-order valence-corrected chi connectivity index (χ0v) is 21.3. The maximum absolute atomic E-state index is 14.3. The van der Waals surface area contributed by atoms with Crippen LogP contribution in [0.5, 0.6) is 5.75 Å². The third-order valence-corrected chi connectivity index (χ3v) is 7.58. The zero-order chi connectivity index (χ0) is 29.4. The Balaban J connectivity index is 1.70. The Labute approximate surface area is 221 Å². The average Bonchev–Trinajstić information content (AvgIpc) is 3.25. The fourth-order valence-electron chi connectivity index (χ4n) is 4.03. The number of alkyl halides is 3. The molecule has 17 heteroatoms. The first-order chi connectivity index (χ1) is 18.7. The van der Waals surface area contributed by atoms with Gasteiger partial charge in [0.05, 0.1) is 12.3 Å². The number of hydrogen-bond donors (Lipinski definition) is 4. The third kappa shape index (κ3) is 6.26. The molecule has 12 nitrogen and oxygen atoms in total. The minimum absolute atomic E-state index is 0.200. The number of carboxylic acids is 1. The molecule has 1 fully saturated rings. The second-order valence-electron chi connectivity index (χ2n) is 8.82. The third-order valence-electron chi connectivity index (χ3n) is 5.93. The van der Waals surface area contributed by atoms with E-state index in [2.05, 4.69) is 0 Å². The topological polar surface area (TPSA) is 169 Å². The fraction of sp³-hybridized carbons (Fsp3) is 0.348. The molecule has 4 rings (SSSR count). The Morgan fingerprint density at radius 1 is 1.23 bits per heavy atom. The Hall–Kier alpha value is -3.56. The Kier molecular flexibility index (Phi) is 8.19. The molecule has 0 bridgehead atoms. The number of fused-ring (bicyclic) bond motifs is 1. The van der Waals surface area contributed by atoms with E-state index >= 15 is 0 Å². The van der Waals surface area contributed by atoms with Gasteiger partial charge in [0.15, 0.2) is 6.10 Å². The van der Waals surface area contributed by atoms with E-state index in [-0.39, 0.29) is 5.75 Å². The molecule has 0 saturated carbocycles. The minimum Gasteiger partial charge on any atom is -0.480 e. The molecule has 0 unspecified atom stereocenters. The number of hydrogen-bond acceptors (Lipinski definition) is 8. The van der Waals surface area contributed by atoms with Crippen LogP contribution in [0.15, 0.2) is 58.3 Å². The number of aliphatic hydroxyl groups excluding tert-OH is 1. The highest BCUT2D eigenvalue weighted by molar-refractivity contribution is 7.52. The number of aliphatic carboxylic acids is 1. The van der Waals surface area contributed by atoms with E-state index in [1.165, 1.54) is 18.2 Å². The molecule has 1 aliphatic heterocycles. The van der Waals surface area contributed by atoms with E-state index in [1.807, 2.05) is 5.09 Å². The van der Waals surface area contributed by atoms with Gasteiger partial charge >= 0.3 is 25.6 Å². The van der Waals surface area contributed by atoms with Crippen molar-refractivity contribution in [1.82, 2.24) is 14.6 Å². The highest BCUT2D eigenvalue weighted by atomic mass is 31.2. The molecule has 6 atom stereocenters. The summed E-state index contributed by atoms with van der Waals surface area (Å²) < 4.78 is 86.3. The van der Waals surface area contributed by atoms with Gasteiger partial charge in [0, 0.05) is 11.8 Å². The molecule has 216 valence electrons. The smallest absolute Gasteiger partial charge is 0.460 e. The van der Waals surface area contributed by atoms with Crippen LogP contribution in [0.4, 0.5) is 17.6 Å².